The van der Waals surface area contributed by atoms with Crippen LogP contribution in [0.4, 0.5) is 0 Å². The van der Waals surface area contributed by atoms with Gasteiger partial charge in [-0.25, -0.2) is 0 Å². The first-order valence-electron chi connectivity index (χ1n) is 7.08. The quantitative estimate of drug-likeness (QED) is 0.852. The second kappa shape index (κ2) is 7.17. The molecule has 0 bridgehead atoms. The molecule has 0 aliphatic carbocycles. The van der Waals surface area contributed by atoms with Crippen LogP contribution in [0, 0.1) is 18.8 Å². The Labute approximate surface area is 123 Å². The lowest BCUT2D eigenvalue weighted by atomic mass is 9.86. The zero-order valence-electron chi connectivity index (χ0n) is 12.0. The van der Waals surface area contributed by atoms with Crippen LogP contribution in [0.1, 0.15) is 28.8 Å². The zero-order chi connectivity index (χ0) is 15.2. The maximum Gasteiger partial charge on any atom is 0.308 e. The second-order valence-electron chi connectivity index (χ2n) is 5.36. The summed E-state index contributed by atoms with van der Waals surface area (Å²) in [6.07, 6.45) is 4.59. The first kappa shape index (κ1) is 15.4. The molecule has 2 rings (SSSR count). The van der Waals surface area contributed by atoms with Crippen LogP contribution in [-0.4, -0.2) is 41.7 Å². The number of nitrogens with one attached hydrogen (secondary N) is 1. The molecule has 1 amide bonds. The van der Waals surface area contributed by atoms with E-state index in [2.05, 4.69) is 10.3 Å². The van der Waals surface area contributed by atoms with E-state index in [4.69, 9.17) is 4.74 Å². The lowest BCUT2D eigenvalue weighted by Gasteiger charge is -2.27. The minimum atomic E-state index is -0.871. The lowest BCUT2D eigenvalue weighted by Crippen LogP contribution is -2.39. The number of aliphatic carboxylic acids is 1. The van der Waals surface area contributed by atoms with Crippen molar-refractivity contribution < 1.29 is 19.4 Å². The number of pyridine rings is 1. The van der Waals surface area contributed by atoms with Gasteiger partial charge in [-0.2, -0.15) is 0 Å². The molecule has 21 heavy (non-hydrogen) atoms. The topological polar surface area (TPSA) is 88.5 Å². The van der Waals surface area contributed by atoms with E-state index in [1.165, 1.54) is 6.20 Å². The van der Waals surface area contributed by atoms with Crippen LogP contribution in [0.25, 0.3) is 0 Å². The number of rotatable bonds is 5. The molecular weight excluding hydrogens is 272 g/mol. The van der Waals surface area contributed by atoms with Crippen LogP contribution in [0.15, 0.2) is 18.5 Å². The molecular formula is C15H20N2O4. The molecule has 1 unspecified atom stereocenters. The Hall–Kier alpha value is -1.95. The van der Waals surface area contributed by atoms with Crippen molar-refractivity contribution in [2.24, 2.45) is 11.8 Å². The molecule has 1 fully saturated rings. The average molecular weight is 292 g/mol. The number of aromatic nitrogens is 1. The van der Waals surface area contributed by atoms with E-state index < -0.39 is 11.9 Å². The van der Waals surface area contributed by atoms with Crippen LogP contribution in [-0.2, 0) is 9.53 Å². The lowest BCUT2D eigenvalue weighted by molar-refractivity contribution is -0.144. The number of ether oxygens (including phenoxy) is 1. The molecule has 0 saturated carbocycles. The summed E-state index contributed by atoms with van der Waals surface area (Å²) < 4.78 is 5.25. The van der Waals surface area contributed by atoms with Crippen LogP contribution >= 0.6 is 0 Å². The van der Waals surface area contributed by atoms with Gasteiger partial charge in [0.25, 0.3) is 5.91 Å². The van der Waals surface area contributed by atoms with Gasteiger partial charge in [-0.3, -0.25) is 14.6 Å². The zero-order valence-corrected chi connectivity index (χ0v) is 12.0. The Kier molecular flexibility index (Phi) is 5.27. The fraction of sp³-hybridized carbons (Fsp3) is 0.533. The number of hydrogen-bond donors (Lipinski definition) is 2. The summed E-state index contributed by atoms with van der Waals surface area (Å²) in [5.74, 6) is -1.68. The highest BCUT2D eigenvalue weighted by atomic mass is 16.5. The van der Waals surface area contributed by atoms with E-state index in [1.807, 2.05) is 6.92 Å². The van der Waals surface area contributed by atoms with Crippen LogP contribution in [0.5, 0.6) is 0 Å². The van der Waals surface area contributed by atoms with E-state index in [0.717, 1.165) is 18.4 Å². The van der Waals surface area contributed by atoms with Gasteiger partial charge in [0, 0.05) is 32.2 Å². The normalized spacial score (nSPS) is 17.2. The average Bonchev–Trinajstić information content (AvgIpc) is 2.48. The van der Waals surface area contributed by atoms with Crippen molar-refractivity contribution in [3.05, 3.63) is 29.6 Å². The van der Waals surface area contributed by atoms with E-state index in [1.54, 1.807) is 12.3 Å². The minimum Gasteiger partial charge on any atom is -0.481 e. The van der Waals surface area contributed by atoms with Gasteiger partial charge in [-0.05, 0) is 37.3 Å². The number of amides is 1. The Bertz CT molecular complexity index is 512. The summed E-state index contributed by atoms with van der Waals surface area (Å²) in [4.78, 5) is 27.4. The van der Waals surface area contributed by atoms with Crippen molar-refractivity contribution in [2.75, 3.05) is 19.8 Å². The van der Waals surface area contributed by atoms with Gasteiger partial charge in [-0.15, -0.1) is 0 Å². The van der Waals surface area contributed by atoms with E-state index in [0.29, 0.717) is 18.8 Å². The van der Waals surface area contributed by atoms with E-state index >= 15 is 0 Å². The van der Waals surface area contributed by atoms with Gasteiger partial charge in [-0.1, -0.05) is 0 Å². The molecule has 1 aliphatic heterocycles. The Morgan fingerprint density at radius 2 is 2.14 bits per heavy atom. The van der Waals surface area contributed by atoms with Gasteiger partial charge in [0.15, 0.2) is 0 Å². The second-order valence-corrected chi connectivity index (χ2v) is 5.36. The number of carbonyl (C=O) groups excluding carboxylic acids is 1. The van der Waals surface area contributed by atoms with Crippen molar-refractivity contribution >= 4 is 11.9 Å². The third-order valence-corrected chi connectivity index (χ3v) is 3.77. The van der Waals surface area contributed by atoms with Crippen LogP contribution in [0.3, 0.4) is 0 Å². The van der Waals surface area contributed by atoms with Gasteiger partial charge in [0.05, 0.1) is 11.5 Å². The molecule has 6 heteroatoms. The standard InChI is InChI=1S/C15H20N2O4/c1-10-6-12(8-16-7-10)14(18)17-9-13(15(19)20)11-2-4-21-5-3-11/h6-8,11,13H,2-5,9H2,1H3,(H,17,18)(H,19,20). The highest BCUT2D eigenvalue weighted by Crippen LogP contribution is 2.23. The fourth-order valence-electron chi connectivity index (χ4n) is 2.56. The Balaban J connectivity index is 1.95. The molecule has 0 aromatic carbocycles. The van der Waals surface area contributed by atoms with Gasteiger partial charge in [0.1, 0.15) is 0 Å². The largest absolute Gasteiger partial charge is 0.481 e. The van der Waals surface area contributed by atoms with Crippen LogP contribution < -0.4 is 5.32 Å². The Morgan fingerprint density at radius 3 is 2.76 bits per heavy atom. The molecule has 0 radical (unpaired) electrons. The van der Waals surface area contributed by atoms with Gasteiger partial charge >= 0.3 is 5.97 Å². The number of carboxylic acids is 1. The SMILES string of the molecule is Cc1cncc(C(=O)NCC(C(=O)O)C2CCOCC2)c1. The van der Waals surface area contributed by atoms with E-state index in [-0.39, 0.29) is 18.4 Å². The maximum atomic E-state index is 12.0. The first-order chi connectivity index (χ1) is 10.1. The summed E-state index contributed by atoms with van der Waals surface area (Å²) in [5, 5.41) is 12.1. The van der Waals surface area contributed by atoms with Crippen LogP contribution in [0.2, 0.25) is 0 Å². The molecule has 0 spiro atoms. The van der Waals surface area contributed by atoms with Crippen molar-refractivity contribution in [1.82, 2.24) is 10.3 Å². The van der Waals surface area contributed by atoms with Crippen molar-refractivity contribution in [3.8, 4) is 0 Å². The summed E-state index contributed by atoms with van der Waals surface area (Å²) in [6.45, 7) is 3.16. The smallest absolute Gasteiger partial charge is 0.308 e. The number of hydrogen-bond acceptors (Lipinski definition) is 4. The van der Waals surface area contributed by atoms with Crippen molar-refractivity contribution in [2.45, 2.75) is 19.8 Å². The number of nitrogens with zero attached hydrogens (tertiary/aromatic N) is 1. The molecule has 6 nitrogen and oxygen atoms in total. The summed E-state index contributed by atoms with van der Waals surface area (Å²) in [7, 11) is 0. The van der Waals surface area contributed by atoms with Crippen molar-refractivity contribution in [3.63, 3.8) is 0 Å². The molecule has 1 aromatic heterocycles. The fourth-order valence-corrected chi connectivity index (χ4v) is 2.56. The number of carboxylic acid groups (broad SMARTS) is 1. The summed E-state index contributed by atoms with van der Waals surface area (Å²) in [5.41, 5.74) is 1.34. The molecule has 1 aromatic rings. The molecule has 1 aliphatic rings. The molecule has 2 N–H and O–H groups in total. The third-order valence-electron chi connectivity index (χ3n) is 3.77. The molecule has 1 saturated heterocycles. The van der Waals surface area contributed by atoms with E-state index in [9.17, 15) is 14.7 Å². The summed E-state index contributed by atoms with van der Waals surface area (Å²) >= 11 is 0. The Morgan fingerprint density at radius 1 is 1.43 bits per heavy atom. The number of aryl methyl sites for hydroxylation is 1. The summed E-state index contributed by atoms with van der Waals surface area (Å²) in [6, 6.07) is 1.73. The molecule has 1 atom stereocenters. The first-order valence-corrected chi connectivity index (χ1v) is 7.08. The monoisotopic (exact) mass is 292 g/mol. The highest BCUT2D eigenvalue weighted by Gasteiger charge is 2.30. The molecule has 2 heterocycles. The van der Waals surface area contributed by atoms with Gasteiger partial charge in [0.2, 0.25) is 0 Å². The maximum absolute atomic E-state index is 12.0. The third kappa shape index (κ3) is 4.26. The predicted molar refractivity (Wildman–Crippen MR) is 76.0 cm³/mol. The van der Waals surface area contributed by atoms with Gasteiger partial charge < -0.3 is 15.2 Å². The molecule has 114 valence electrons. The van der Waals surface area contributed by atoms with Crippen molar-refractivity contribution in [1.29, 1.82) is 0 Å². The highest BCUT2D eigenvalue weighted by molar-refractivity contribution is 5.94. The number of carbonyl (C=O) groups is 2. The predicted octanol–water partition coefficient (Wildman–Crippen LogP) is 1.25. The minimum absolute atomic E-state index is 0.0483.